The van der Waals surface area contributed by atoms with E-state index in [2.05, 4.69) is 19.9 Å². The number of aromatic nitrogens is 5. The normalized spacial score (nSPS) is 10.7. The van der Waals surface area contributed by atoms with Gasteiger partial charge in [0.15, 0.2) is 0 Å². The predicted molar refractivity (Wildman–Crippen MR) is 76.8 cm³/mol. The number of hydrogen-bond donors (Lipinski definition) is 1. The van der Waals surface area contributed by atoms with Crippen LogP contribution in [0.25, 0.3) is 5.95 Å². The molecular weight excluding hydrogens is 270 g/mol. The van der Waals surface area contributed by atoms with E-state index in [1.165, 1.54) is 0 Å². The Morgan fingerprint density at radius 3 is 2.90 bits per heavy atom. The molecule has 0 fully saturated rings. The maximum Gasteiger partial charge on any atom is 0.241 e. The van der Waals surface area contributed by atoms with Crippen LogP contribution in [-0.2, 0) is 6.54 Å². The molecule has 8 heteroatoms. The summed E-state index contributed by atoms with van der Waals surface area (Å²) in [6, 6.07) is 3.76. The van der Waals surface area contributed by atoms with Crippen molar-refractivity contribution in [3.05, 3.63) is 42.9 Å². The molecule has 0 spiro atoms. The molecule has 3 aromatic heterocycles. The summed E-state index contributed by atoms with van der Waals surface area (Å²) < 4.78 is 7.04. The molecule has 0 aliphatic heterocycles. The van der Waals surface area contributed by atoms with Crippen LogP contribution >= 0.6 is 0 Å². The summed E-state index contributed by atoms with van der Waals surface area (Å²) in [4.78, 5) is 18.7. The van der Waals surface area contributed by atoms with Crippen LogP contribution in [0.5, 0.6) is 0 Å². The second-order valence-corrected chi connectivity index (χ2v) is 4.36. The van der Waals surface area contributed by atoms with Crippen molar-refractivity contribution < 1.29 is 4.42 Å². The molecule has 0 aliphatic carbocycles. The predicted octanol–water partition coefficient (Wildman–Crippen LogP) is 1.26. The number of furan rings is 1. The number of rotatable bonds is 5. The van der Waals surface area contributed by atoms with Crippen LogP contribution in [0.2, 0.25) is 0 Å². The number of nitrogen functional groups attached to an aromatic ring is 1. The summed E-state index contributed by atoms with van der Waals surface area (Å²) in [7, 11) is 0. The van der Waals surface area contributed by atoms with Gasteiger partial charge in [0.25, 0.3) is 0 Å². The molecule has 3 aromatic rings. The van der Waals surface area contributed by atoms with Gasteiger partial charge in [0, 0.05) is 18.9 Å². The second kappa shape index (κ2) is 5.61. The molecule has 3 heterocycles. The Morgan fingerprint density at radius 1 is 1.33 bits per heavy atom. The van der Waals surface area contributed by atoms with Crippen LogP contribution in [-0.4, -0.2) is 31.0 Å². The Hall–Kier alpha value is -2.90. The largest absolute Gasteiger partial charge is 0.467 e. The van der Waals surface area contributed by atoms with Crippen molar-refractivity contribution in [2.75, 3.05) is 17.2 Å². The molecule has 0 aliphatic rings. The van der Waals surface area contributed by atoms with E-state index in [4.69, 9.17) is 10.2 Å². The molecule has 0 unspecified atom stereocenters. The molecule has 108 valence electrons. The highest BCUT2D eigenvalue weighted by atomic mass is 16.3. The van der Waals surface area contributed by atoms with E-state index in [0.717, 1.165) is 5.76 Å². The van der Waals surface area contributed by atoms with Crippen molar-refractivity contribution in [2.24, 2.45) is 0 Å². The summed E-state index contributed by atoms with van der Waals surface area (Å²) in [5.74, 6) is 1.94. The SMILES string of the molecule is CCN(Cc1ccco1)c1nc(N)nc(-n2ccnc2)n1. The fraction of sp³-hybridized carbons (Fsp3) is 0.231. The lowest BCUT2D eigenvalue weighted by Crippen LogP contribution is -2.25. The summed E-state index contributed by atoms with van der Waals surface area (Å²) >= 11 is 0. The molecule has 2 N–H and O–H groups in total. The Kier molecular flexibility index (Phi) is 3.50. The zero-order chi connectivity index (χ0) is 14.7. The Morgan fingerprint density at radius 2 is 2.24 bits per heavy atom. The number of anilines is 2. The highest BCUT2D eigenvalue weighted by Crippen LogP contribution is 2.15. The minimum Gasteiger partial charge on any atom is -0.467 e. The highest BCUT2D eigenvalue weighted by Gasteiger charge is 2.13. The van der Waals surface area contributed by atoms with E-state index in [9.17, 15) is 0 Å². The van der Waals surface area contributed by atoms with Crippen molar-refractivity contribution in [3.8, 4) is 5.95 Å². The number of nitrogens with two attached hydrogens (primary N) is 1. The second-order valence-electron chi connectivity index (χ2n) is 4.36. The summed E-state index contributed by atoms with van der Waals surface area (Å²) in [5, 5.41) is 0. The van der Waals surface area contributed by atoms with Crippen molar-refractivity contribution in [3.63, 3.8) is 0 Å². The quantitative estimate of drug-likeness (QED) is 0.753. The molecular formula is C13H15N7O. The van der Waals surface area contributed by atoms with Gasteiger partial charge in [-0.15, -0.1) is 0 Å². The van der Waals surface area contributed by atoms with Crippen molar-refractivity contribution in [1.29, 1.82) is 0 Å². The Balaban J connectivity index is 1.93. The van der Waals surface area contributed by atoms with Gasteiger partial charge in [0.05, 0.1) is 12.8 Å². The topological polar surface area (TPSA) is 98.9 Å². The van der Waals surface area contributed by atoms with Crippen LogP contribution in [0.15, 0.2) is 41.5 Å². The smallest absolute Gasteiger partial charge is 0.241 e. The molecule has 0 saturated heterocycles. The van der Waals surface area contributed by atoms with Gasteiger partial charge in [-0.05, 0) is 19.1 Å². The number of hydrogen-bond acceptors (Lipinski definition) is 7. The maximum atomic E-state index is 5.79. The van der Waals surface area contributed by atoms with Crippen LogP contribution in [0.1, 0.15) is 12.7 Å². The monoisotopic (exact) mass is 285 g/mol. The third kappa shape index (κ3) is 2.83. The van der Waals surface area contributed by atoms with Gasteiger partial charge in [0.1, 0.15) is 12.1 Å². The molecule has 0 saturated carbocycles. The summed E-state index contributed by atoms with van der Waals surface area (Å²) in [6.45, 7) is 3.30. The molecule has 3 rings (SSSR count). The molecule has 0 amide bonds. The third-order valence-corrected chi connectivity index (χ3v) is 2.96. The van der Waals surface area contributed by atoms with E-state index in [0.29, 0.717) is 25.0 Å². The van der Waals surface area contributed by atoms with Crippen LogP contribution < -0.4 is 10.6 Å². The average molecular weight is 285 g/mol. The third-order valence-electron chi connectivity index (χ3n) is 2.96. The first kappa shape index (κ1) is 13.1. The molecule has 21 heavy (non-hydrogen) atoms. The fourth-order valence-corrected chi connectivity index (χ4v) is 1.92. The Labute approximate surface area is 121 Å². The first-order valence-electron chi connectivity index (χ1n) is 6.53. The van der Waals surface area contributed by atoms with Crippen molar-refractivity contribution >= 4 is 11.9 Å². The first-order valence-corrected chi connectivity index (χ1v) is 6.53. The number of imidazole rings is 1. The molecule has 0 aromatic carbocycles. The molecule has 0 atom stereocenters. The van der Waals surface area contributed by atoms with E-state index >= 15 is 0 Å². The van der Waals surface area contributed by atoms with Gasteiger partial charge in [-0.1, -0.05) is 0 Å². The lowest BCUT2D eigenvalue weighted by atomic mass is 10.4. The van der Waals surface area contributed by atoms with Gasteiger partial charge < -0.3 is 15.1 Å². The maximum absolute atomic E-state index is 5.79. The molecule has 8 nitrogen and oxygen atoms in total. The summed E-state index contributed by atoms with van der Waals surface area (Å²) in [5.41, 5.74) is 5.79. The summed E-state index contributed by atoms with van der Waals surface area (Å²) in [6.07, 6.45) is 6.66. The van der Waals surface area contributed by atoms with Crippen molar-refractivity contribution in [1.82, 2.24) is 24.5 Å². The van der Waals surface area contributed by atoms with Gasteiger partial charge in [-0.3, -0.25) is 4.57 Å². The van der Waals surface area contributed by atoms with E-state index in [1.807, 2.05) is 24.0 Å². The van der Waals surface area contributed by atoms with E-state index < -0.39 is 0 Å². The van der Waals surface area contributed by atoms with Gasteiger partial charge >= 0.3 is 0 Å². The standard InChI is InChI=1S/C13H15N7O/c1-2-19(8-10-4-3-7-21-10)12-16-11(14)17-13(18-12)20-6-5-15-9-20/h3-7,9H,2,8H2,1H3,(H2,14,16,17,18). The number of nitrogens with zero attached hydrogens (tertiary/aromatic N) is 6. The first-order chi connectivity index (χ1) is 10.3. The van der Waals surface area contributed by atoms with Gasteiger partial charge in [-0.25, -0.2) is 4.98 Å². The van der Waals surface area contributed by atoms with E-state index in [-0.39, 0.29) is 5.95 Å². The molecule has 0 radical (unpaired) electrons. The van der Waals surface area contributed by atoms with Crippen LogP contribution in [0.3, 0.4) is 0 Å². The Bertz CT molecular complexity index is 693. The van der Waals surface area contributed by atoms with Gasteiger partial charge in [0.2, 0.25) is 17.8 Å². The minimum absolute atomic E-state index is 0.168. The average Bonchev–Trinajstić information content (AvgIpc) is 3.17. The van der Waals surface area contributed by atoms with Crippen LogP contribution in [0, 0.1) is 0 Å². The fourth-order valence-electron chi connectivity index (χ4n) is 1.92. The van der Waals surface area contributed by atoms with Crippen molar-refractivity contribution in [2.45, 2.75) is 13.5 Å². The highest BCUT2D eigenvalue weighted by molar-refractivity contribution is 5.38. The zero-order valence-electron chi connectivity index (χ0n) is 11.5. The molecule has 0 bridgehead atoms. The van der Waals surface area contributed by atoms with Crippen LogP contribution in [0.4, 0.5) is 11.9 Å². The lowest BCUT2D eigenvalue weighted by molar-refractivity contribution is 0.501. The van der Waals surface area contributed by atoms with E-state index in [1.54, 1.807) is 29.6 Å². The van der Waals surface area contributed by atoms with Gasteiger partial charge in [-0.2, -0.15) is 15.0 Å². The lowest BCUT2D eigenvalue weighted by Gasteiger charge is -2.19. The minimum atomic E-state index is 0.168. The zero-order valence-corrected chi connectivity index (χ0v) is 11.5.